The molecule has 0 unspecified atom stereocenters. The molecule has 0 aliphatic heterocycles. The van der Waals surface area contributed by atoms with E-state index in [9.17, 15) is 0 Å². The van der Waals surface area contributed by atoms with Crippen molar-refractivity contribution in [3.8, 4) is 17.1 Å². The Morgan fingerprint density at radius 1 is 1.37 bits per heavy atom. The van der Waals surface area contributed by atoms with Crippen LogP contribution in [0.1, 0.15) is 18.7 Å². The van der Waals surface area contributed by atoms with Gasteiger partial charge in [-0.2, -0.15) is 4.98 Å². The third kappa shape index (κ3) is 3.13. The van der Waals surface area contributed by atoms with Gasteiger partial charge < -0.3 is 15.0 Å². The molecule has 1 aromatic carbocycles. The van der Waals surface area contributed by atoms with Gasteiger partial charge in [0.1, 0.15) is 5.75 Å². The quantitative estimate of drug-likeness (QED) is 0.915. The topological polar surface area (TPSA) is 74.2 Å². The number of hydrogen-bond donors (Lipinski definition) is 1. The minimum Gasteiger partial charge on any atom is -0.493 e. The number of benzene rings is 1. The number of aromatic nitrogens is 2. The average molecular weight is 324 g/mol. The third-order valence-corrected chi connectivity index (χ3v) is 3.41. The maximum Gasteiger partial charge on any atom is 0.240 e. The highest BCUT2D eigenvalue weighted by Gasteiger charge is 2.22. The second-order valence-electron chi connectivity index (χ2n) is 4.65. The zero-order valence-electron chi connectivity index (χ0n) is 10.3. The van der Waals surface area contributed by atoms with Gasteiger partial charge in [0.15, 0.2) is 0 Å². The van der Waals surface area contributed by atoms with Gasteiger partial charge in [-0.05, 0) is 37.0 Å². The van der Waals surface area contributed by atoms with Gasteiger partial charge in [-0.1, -0.05) is 21.1 Å². The molecule has 1 aliphatic rings. The highest BCUT2D eigenvalue weighted by Crippen LogP contribution is 2.31. The molecule has 1 aromatic heterocycles. The summed E-state index contributed by atoms with van der Waals surface area (Å²) in [7, 11) is 0. The fraction of sp³-hybridized carbons (Fsp3) is 0.385. The monoisotopic (exact) mass is 323 g/mol. The van der Waals surface area contributed by atoms with Crippen molar-refractivity contribution in [2.45, 2.75) is 19.4 Å². The molecule has 1 heterocycles. The Labute approximate surface area is 119 Å². The largest absolute Gasteiger partial charge is 0.493 e. The predicted octanol–water partition coefficient (Wildman–Crippen LogP) is 2.75. The SMILES string of the molecule is NCc1nc(-c2cc(Br)cc(OCC3CC3)c2)no1. The lowest BCUT2D eigenvalue weighted by Crippen LogP contribution is -1.99. The summed E-state index contributed by atoms with van der Waals surface area (Å²) in [5, 5.41) is 3.90. The fourth-order valence-corrected chi connectivity index (χ4v) is 2.20. The van der Waals surface area contributed by atoms with Crippen LogP contribution in [0.25, 0.3) is 11.4 Å². The summed E-state index contributed by atoms with van der Waals surface area (Å²) in [5.74, 6) is 2.49. The van der Waals surface area contributed by atoms with E-state index < -0.39 is 0 Å². The molecule has 19 heavy (non-hydrogen) atoms. The van der Waals surface area contributed by atoms with E-state index >= 15 is 0 Å². The van der Waals surface area contributed by atoms with Crippen LogP contribution in [0.5, 0.6) is 5.75 Å². The van der Waals surface area contributed by atoms with Gasteiger partial charge in [0.25, 0.3) is 0 Å². The lowest BCUT2D eigenvalue weighted by Gasteiger charge is -2.07. The van der Waals surface area contributed by atoms with Gasteiger partial charge in [0.2, 0.25) is 11.7 Å². The van der Waals surface area contributed by atoms with Crippen molar-refractivity contribution in [1.82, 2.24) is 10.1 Å². The summed E-state index contributed by atoms with van der Waals surface area (Å²) in [6, 6.07) is 5.78. The summed E-state index contributed by atoms with van der Waals surface area (Å²) in [6.07, 6.45) is 2.54. The molecule has 6 heteroatoms. The van der Waals surface area contributed by atoms with Crippen LogP contribution in [-0.4, -0.2) is 16.7 Å². The first-order valence-corrected chi connectivity index (χ1v) is 7.00. The van der Waals surface area contributed by atoms with E-state index in [-0.39, 0.29) is 6.54 Å². The molecule has 1 saturated carbocycles. The second kappa shape index (κ2) is 5.30. The van der Waals surface area contributed by atoms with Crippen molar-refractivity contribution in [1.29, 1.82) is 0 Å². The van der Waals surface area contributed by atoms with Crippen LogP contribution in [-0.2, 0) is 6.54 Å². The Balaban J connectivity index is 1.83. The van der Waals surface area contributed by atoms with E-state index in [0.29, 0.717) is 11.7 Å². The van der Waals surface area contributed by atoms with E-state index in [1.54, 1.807) is 0 Å². The molecule has 2 N–H and O–H groups in total. The van der Waals surface area contributed by atoms with Gasteiger partial charge in [-0.25, -0.2) is 0 Å². The summed E-state index contributed by atoms with van der Waals surface area (Å²) in [4.78, 5) is 4.21. The Bertz CT molecular complexity index is 581. The van der Waals surface area contributed by atoms with Crippen LogP contribution < -0.4 is 10.5 Å². The molecule has 2 aromatic rings. The molecule has 0 saturated heterocycles. The highest BCUT2D eigenvalue weighted by molar-refractivity contribution is 9.10. The van der Waals surface area contributed by atoms with Gasteiger partial charge >= 0.3 is 0 Å². The molecule has 0 bridgehead atoms. The smallest absolute Gasteiger partial charge is 0.240 e. The Kier molecular flexibility index (Phi) is 3.52. The molecule has 0 radical (unpaired) electrons. The zero-order chi connectivity index (χ0) is 13.2. The molecular formula is C13H14BrN3O2. The number of halogens is 1. The summed E-state index contributed by atoms with van der Waals surface area (Å²) >= 11 is 3.47. The number of hydrogen-bond acceptors (Lipinski definition) is 5. The molecule has 0 amide bonds. The lowest BCUT2D eigenvalue weighted by atomic mass is 10.2. The van der Waals surface area contributed by atoms with Crippen molar-refractivity contribution in [2.24, 2.45) is 11.7 Å². The Morgan fingerprint density at radius 3 is 2.89 bits per heavy atom. The molecule has 0 spiro atoms. The number of ether oxygens (including phenoxy) is 1. The van der Waals surface area contributed by atoms with E-state index in [1.807, 2.05) is 18.2 Å². The highest BCUT2D eigenvalue weighted by atomic mass is 79.9. The van der Waals surface area contributed by atoms with Crippen molar-refractivity contribution in [3.63, 3.8) is 0 Å². The van der Waals surface area contributed by atoms with E-state index in [4.69, 9.17) is 15.0 Å². The van der Waals surface area contributed by atoms with E-state index in [0.717, 1.165) is 28.3 Å². The van der Waals surface area contributed by atoms with Crippen LogP contribution >= 0.6 is 15.9 Å². The minimum absolute atomic E-state index is 0.242. The Morgan fingerprint density at radius 2 is 2.21 bits per heavy atom. The normalized spacial score (nSPS) is 14.6. The fourth-order valence-electron chi connectivity index (χ4n) is 1.73. The lowest BCUT2D eigenvalue weighted by molar-refractivity contribution is 0.299. The summed E-state index contributed by atoms with van der Waals surface area (Å²) in [6.45, 7) is 1.02. The number of nitrogens with zero attached hydrogens (tertiary/aromatic N) is 2. The zero-order valence-corrected chi connectivity index (χ0v) is 11.9. The Hall–Kier alpha value is -1.40. The molecule has 1 fully saturated rings. The molecule has 3 rings (SSSR count). The van der Waals surface area contributed by atoms with Crippen LogP contribution in [0.2, 0.25) is 0 Å². The third-order valence-electron chi connectivity index (χ3n) is 2.95. The van der Waals surface area contributed by atoms with Crippen LogP contribution in [0.3, 0.4) is 0 Å². The van der Waals surface area contributed by atoms with E-state index in [1.165, 1.54) is 12.8 Å². The van der Waals surface area contributed by atoms with Crippen molar-refractivity contribution >= 4 is 15.9 Å². The molecule has 5 nitrogen and oxygen atoms in total. The first-order chi connectivity index (χ1) is 9.24. The average Bonchev–Trinajstić information content (AvgIpc) is 3.11. The second-order valence-corrected chi connectivity index (χ2v) is 5.56. The van der Waals surface area contributed by atoms with Crippen molar-refractivity contribution in [3.05, 3.63) is 28.6 Å². The van der Waals surface area contributed by atoms with Gasteiger partial charge in [0, 0.05) is 10.0 Å². The van der Waals surface area contributed by atoms with Crippen LogP contribution in [0.4, 0.5) is 0 Å². The molecular weight excluding hydrogens is 310 g/mol. The van der Waals surface area contributed by atoms with Crippen molar-refractivity contribution in [2.75, 3.05) is 6.61 Å². The van der Waals surface area contributed by atoms with Gasteiger partial charge in [0.05, 0.1) is 13.2 Å². The first-order valence-electron chi connectivity index (χ1n) is 6.21. The molecule has 1 aliphatic carbocycles. The summed E-state index contributed by atoms with van der Waals surface area (Å²) < 4.78 is 11.7. The van der Waals surface area contributed by atoms with Gasteiger partial charge in [-0.15, -0.1) is 0 Å². The maximum absolute atomic E-state index is 5.77. The molecule has 100 valence electrons. The number of nitrogens with two attached hydrogens (primary N) is 1. The van der Waals surface area contributed by atoms with Crippen molar-refractivity contribution < 1.29 is 9.26 Å². The standard InChI is InChI=1S/C13H14BrN3O2/c14-10-3-9(13-16-12(6-15)19-17-13)4-11(5-10)18-7-8-1-2-8/h3-5,8H,1-2,6-7,15H2. The molecule has 0 atom stereocenters. The van der Waals surface area contributed by atoms with Crippen LogP contribution in [0, 0.1) is 5.92 Å². The summed E-state index contributed by atoms with van der Waals surface area (Å²) in [5.41, 5.74) is 6.31. The van der Waals surface area contributed by atoms with E-state index in [2.05, 4.69) is 26.1 Å². The van der Waals surface area contributed by atoms with Gasteiger partial charge in [-0.3, -0.25) is 0 Å². The first kappa shape index (κ1) is 12.6. The maximum atomic E-state index is 5.77. The number of rotatable bonds is 5. The minimum atomic E-state index is 0.242. The predicted molar refractivity (Wildman–Crippen MR) is 73.5 cm³/mol. The van der Waals surface area contributed by atoms with Crippen LogP contribution in [0.15, 0.2) is 27.2 Å².